The first-order valence-corrected chi connectivity index (χ1v) is 12.0. The molecule has 6 heteroatoms. The summed E-state index contributed by atoms with van der Waals surface area (Å²) < 4.78 is 12.2. The molecule has 0 amide bonds. The summed E-state index contributed by atoms with van der Waals surface area (Å²) in [5.74, 6) is 1.38. The Morgan fingerprint density at radius 3 is 1.75 bits per heavy atom. The molecule has 178 valence electrons. The number of nitrogens with zero attached hydrogens (tertiary/aromatic N) is 2. The Balaban J connectivity index is 1.64. The molecule has 2 heterocycles. The molecule has 0 radical (unpaired) electrons. The normalized spacial score (nSPS) is 12.4. The fraction of sp³-hybridized carbons (Fsp3) is 0.133. The predicted octanol–water partition coefficient (Wildman–Crippen LogP) is 6.83. The Morgan fingerprint density at radius 1 is 0.639 bits per heavy atom. The molecule has 36 heavy (non-hydrogen) atoms. The zero-order chi connectivity index (χ0) is 24.5. The van der Waals surface area contributed by atoms with Crippen LogP contribution in [0.2, 0.25) is 0 Å². The minimum Gasteiger partial charge on any atom is -0.486 e. The number of anilines is 3. The molecule has 6 rings (SSSR count). The molecule has 0 fully saturated rings. The molecule has 0 saturated carbocycles. The Labute approximate surface area is 210 Å². The summed E-state index contributed by atoms with van der Waals surface area (Å²) in [7, 11) is 1.91. The topological polar surface area (TPSA) is 68.3 Å². The standard InChI is InChI=1S/C30H26N4O2/c1-19-24-27(28(30-29(19)35-17-18-36-30)32-23-15-13-22(31-2)14-16-23)34-26(21-11-7-4-8-12-21)25(33-24)20-9-5-3-6-10-20/h3-16,31-32H,17-18H2,1-2H3. The number of ether oxygens (including phenoxy) is 2. The van der Waals surface area contributed by atoms with Crippen LogP contribution in [0, 0.1) is 6.92 Å². The smallest absolute Gasteiger partial charge is 0.187 e. The number of aryl methyl sites for hydroxylation is 1. The molecular weight excluding hydrogens is 448 g/mol. The molecule has 0 spiro atoms. The van der Waals surface area contributed by atoms with Crippen LogP contribution in [-0.2, 0) is 0 Å². The van der Waals surface area contributed by atoms with Crippen LogP contribution in [0.25, 0.3) is 33.5 Å². The van der Waals surface area contributed by atoms with Gasteiger partial charge in [-0.25, -0.2) is 9.97 Å². The van der Waals surface area contributed by atoms with Crippen molar-refractivity contribution in [3.63, 3.8) is 0 Å². The highest BCUT2D eigenvalue weighted by atomic mass is 16.6. The fourth-order valence-corrected chi connectivity index (χ4v) is 4.54. The van der Waals surface area contributed by atoms with Gasteiger partial charge in [-0.3, -0.25) is 0 Å². The van der Waals surface area contributed by atoms with Crippen LogP contribution in [-0.4, -0.2) is 30.2 Å². The summed E-state index contributed by atoms with van der Waals surface area (Å²) in [6.45, 7) is 3.00. The van der Waals surface area contributed by atoms with Gasteiger partial charge < -0.3 is 20.1 Å². The van der Waals surface area contributed by atoms with Gasteiger partial charge in [-0.1, -0.05) is 60.7 Å². The van der Waals surface area contributed by atoms with Crippen LogP contribution >= 0.6 is 0 Å². The molecule has 5 aromatic rings. The highest BCUT2D eigenvalue weighted by Crippen LogP contribution is 2.47. The fourth-order valence-electron chi connectivity index (χ4n) is 4.54. The van der Waals surface area contributed by atoms with Crippen molar-refractivity contribution in [2.75, 3.05) is 30.9 Å². The molecule has 0 saturated heterocycles. The van der Waals surface area contributed by atoms with Crippen LogP contribution in [0.4, 0.5) is 17.1 Å². The van der Waals surface area contributed by atoms with E-state index in [1.54, 1.807) is 0 Å². The third-order valence-corrected chi connectivity index (χ3v) is 6.38. The van der Waals surface area contributed by atoms with Gasteiger partial charge in [0, 0.05) is 35.1 Å². The molecule has 0 bridgehead atoms. The third kappa shape index (κ3) is 3.86. The zero-order valence-electron chi connectivity index (χ0n) is 20.2. The summed E-state index contributed by atoms with van der Waals surface area (Å²) in [6.07, 6.45) is 0. The van der Waals surface area contributed by atoms with Gasteiger partial charge in [0.25, 0.3) is 0 Å². The van der Waals surface area contributed by atoms with Crippen molar-refractivity contribution in [1.29, 1.82) is 0 Å². The van der Waals surface area contributed by atoms with Crippen molar-refractivity contribution >= 4 is 28.1 Å². The maximum absolute atomic E-state index is 6.15. The maximum Gasteiger partial charge on any atom is 0.187 e. The van der Waals surface area contributed by atoms with E-state index in [0.717, 1.165) is 56.2 Å². The average molecular weight is 475 g/mol. The van der Waals surface area contributed by atoms with Crippen molar-refractivity contribution in [2.45, 2.75) is 6.92 Å². The van der Waals surface area contributed by atoms with E-state index >= 15 is 0 Å². The second-order valence-corrected chi connectivity index (χ2v) is 8.66. The van der Waals surface area contributed by atoms with Crippen LogP contribution in [0.3, 0.4) is 0 Å². The van der Waals surface area contributed by atoms with E-state index in [9.17, 15) is 0 Å². The third-order valence-electron chi connectivity index (χ3n) is 6.38. The molecule has 1 aliphatic rings. The second-order valence-electron chi connectivity index (χ2n) is 8.66. The van der Waals surface area contributed by atoms with E-state index < -0.39 is 0 Å². The lowest BCUT2D eigenvalue weighted by Crippen LogP contribution is -2.18. The first-order valence-electron chi connectivity index (χ1n) is 12.0. The number of benzene rings is 4. The Hall–Kier alpha value is -4.58. The quantitative estimate of drug-likeness (QED) is 0.291. The van der Waals surface area contributed by atoms with E-state index in [1.165, 1.54) is 0 Å². The second kappa shape index (κ2) is 9.23. The van der Waals surface area contributed by atoms with Crippen LogP contribution in [0.15, 0.2) is 84.9 Å². The number of nitrogens with one attached hydrogen (secondary N) is 2. The van der Waals surface area contributed by atoms with E-state index in [4.69, 9.17) is 19.4 Å². The SMILES string of the molecule is CNc1ccc(Nc2c3c(c(C)c4nc(-c5ccccc5)c(-c5ccccc5)nc24)OCCO3)cc1. The largest absolute Gasteiger partial charge is 0.486 e. The molecule has 1 aliphatic heterocycles. The van der Waals surface area contributed by atoms with Crippen LogP contribution in [0.1, 0.15) is 5.56 Å². The monoisotopic (exact) mass is 474 g/mol. The summed E-state index contributed by atoms with van der Waals surface area (Å²) in [5, 5.41) is 6.71. The molecule has 0 unspecified atom stereocenters. The minimum atomic E-state index is 0.479. The zero-order valence-corrected chi connectivity index (χ0v) is 20.2. The van der Waals surface area contributed by atoms with Crippen molar-refractivity contribution < 1.29 is 9.47 Å². The van der Waals surface area contributed by atoms with Gasteiger partial charge in [0.05, 0.1) is 16.9 Å². The number of rotatable bonds is 5. The number of hydrogen-bond donors (Lipinski definition) is 2. The lowest BCUT2D eigenvalue weighted by Gasteiger charge is -2.25. The van der Waals surface area contributed by atoms with Gasteiger partial charge in [-0.05, 0) is 31.2 Å². The van der Waals surface area contributed by atoms with Crippen molar-refractivity contribution in [3.8, 4) is 34.0 Å². The molecule has 4 aromatic carbocycles. The number of aromatic nitrogens is 2. The summed E-state index contributed by atoms with van der Waals surface area (Å²) in [5.41, 5.74) is 8.82. The molecule has 0 atom stereocenters. The van der Waals surface area contributed by atoms with Gasteiger partial charge in [0.1, 0.15) is 24.4 Å². The van der Waals surface area contributed by atoms with E-state index in [2.05, 4.69) is 34.9 Å². The first-order chi connectivity index (χ1) is 17.7. The van der Waals surface area contributed by atoms with Crippen molar-refractivity contribution in [2.24, 2.45) is 0 Å². The maximum atomic E-state index is 6.15. The highest BCUT2D eigenvalue weighted by molar-refractivity contribution is 6.01. The van der Waals surface area contributed by atoms with Crippen LogP contribution < -0.4 is 20.1 Å². The Kier molecular flexibility index (Phi) is 5.62. The van der Waals surface area contributed by atoms with Crippen molar-refractivity contribution in [1.82, 2.24) is 9.97 Å². The molecule has 1 aromatic heterocycles. The Morgan fingerprint density at radius 2 is 1.17 bits per heavy atom. The first kappa shape index (κ1) is 21.9. The van der Waals surface area contributed by atoms with E-state index in [-0.39, 0.29) is 0 Å². The average Bonchev–Trinajstić information content (AvgIpc) is 2.96. The summed E-state index contributed by atoms with van der Waals surface area (Å²) in [4.78, 5) is 10.5. The number of fused-ring (bicyclic) bond motifs is 2. The molecular formula is C30H26N4O2. The van der Waals surface area contributed by atoms with E-state index in [1.807, 2.05) is 74.6 Å². The van der Waals surface area contributed by atoms with Gasteiger partial charge in [0.15, 0.2) is 11.5 Å². The predicted molar refractivity (Wildman–Crippen MR) is 145 cm³/mol. The minimum absolute atomic E-state index is 0.479. The summed E-state index contributed by atoms with van der Waals surface area (Å²) >= 11 is 0. The van der Waals surface area contributed by atoms with Gasteiger partial charge in [-0.15, -0.1) is 0 Å². The lowest BCUT2D eigenvalue weighted by atomic mass is 10.0. The van der Waals surface area contributed by atoms with Gasteiger partial charge in [0.2, 0.25) is 0 Å². The highest BCUT2D eigenvalue weighted by Gasteiger charge is 2.27. The van der Waals surface area contributed by atoms with E-state index in [0.29, 0.717) is 24.7 Å². The van der Waals surface area contributed by atoms with Crippen LogP contribution in [0.5, 0.6) is 11.5 Å². The van der Waals surface area contributed by atoms with Gasteiger partial charge in [-0.2, -0.15) is 0 Å². The molecule has 2 N–H and O–H groups in total. The van der Waals surface area contributed by atoms with Gasteiger partial charge >= 0.3 is 0 Å². The molecule has 6 nitrogen and oxygen atoms in total. The summed E-state index contributed by atoms with van der Waals surface area (Å²) in [6, 6.07) is 28.5. The van der Waals surface area contributed by atoms with Crippen molar-refractivity contribution in [3.05, 3.63) is 90.5 Å². The lowest BCUT2D eigenvalue weighted by molar-refractivity contribution is 0.172. The number of hydrogen-bond acceptors (Lipinski definition) is 6. The Bertz CT molecular complexity index is 1540. The molecule has 0 aliphatic carbocycles.